The van der Waals surface area contributed by atoms with Crippen LogP contribution < -0.4 is 10.3 Å². The largest absolute Gasteiger partial charge is 0.274 e. The molecule has 2 N–H and O–H groups in total. The van der Waals surface area contributed by atoms with E-state index < -0.39 is 20.5 Å². The lowest BCUT2D eigenvalue weighted by Crippen LogP contribution is -2.17. The standard InChI is InChI=1S/C14H14N6O5S/c1-7-4-10(20(22)23)9(3)11(5-7)26(24,25)18-13-16-14-15-8(2)6-12(21)19(14)17-13/h4-6H,1-3H3,(H2,15,16,17,18). The van der Waals surface area contributed by atoms with Crippen LogP contribution in [0.25, 0.3) is 5.78 Å². The van der Waals surface area contributed by atoms with Crippen LogP contribution in [-0.4, -0.2) is 32.9 Å². The van der Waals surface area contributed by atoms with Crippen LogP contribution in [0.3, 0.4) is 0 Å². The van der Waals surface area contributed by atoms with Crippen molar-refractivity contribution in [2.24, 2.45) is 0 Å². The number of benzene rings is 1. The second kappa shape index (κ2) is 5.91. The number of aromatic amines is 1. The molecule has 2 aromatic heterocycles. The third-order valence-electron chi connectivity index (χ3n) is 3.65. The monoisotopic (exact) mass is 378 g/mol. The second-order valence-corrected chi connectivity index (χ2v) is 7.36. The van der Waals surface area contributed by atoms with Crippen molar-refractivity contribution < 1.29 is 13.3 Å². The highest BCUT2D eigenvalue weighted by Crippen LogP contribution is 2.27. The molecule has 0 aliphatic rings. The van der Waals surface area contributed by atoms with E-state index in [2.05, 4.69) is 19.8 Å². The van der Waals surface area contributed by atoms with Gasteiger partial charge in [-0.1, -0.05) is 0 Å². The highest BCUT2D eigenvalue weighted by Gasteiger charge is 2.25. The van der Waals surface area contributed by atoms with Crippen molar-refractivity contribution in [1.29, 1.82) is 0 Å². The number of aryl methyl sites for hydroxylation is 2. The number of nitrogens with zero attached hydrogens (tertiary/aromatic N) is 4. The van der Waals surface area contributed by atoms with E-state index in [0.29, 0.717) is 11.3 Å². The zero-order valence-corrected chi connectivity index (χ0v) is 14.8. The third kappa shape index (κ3) is 3.01. The molecule has 11 nitrogen and oxygen atoms in total. The number of hydrogen-bond acceptors (Lipinski definition) is 7. The fraction of sp³-hybridized carbons (Fsp3) is 0.214. The van der Waals surface area contributed by atoms with E-state index in [4.69, 9.17) is 0 Å². The number of fused-ring (bicyclic) bond motifs is 1. The Bertz CT molecular complexity index is 1210. The SMILES string of the molecule is Cc1cc([N+](=O)[O-])c(C)c(S(=O)(=O)Nc2nc3nc(C)cc(=O)n3[nH]2)c1. The molecule has 3 aromatic rings. The molecule has 0 unspecified atom stereocenters. The van der Waals surface area contributed by atoms with Gasteiger partial charge in [0.2, 0.25) is 5.95 Å². The first kappa shape index (κ1) is 17.5. The van der Waals surface area contributed by atoms with E-state index in [0.717, 1.165) is 4.52 Å². The first-order chi connectivity index (χ1) is 12.1. The average Bonchev–Trinajstić information content (AvgIpc) is 2.90. The summed E-state index contributed by atoms with van der Waals surface area (Å²) in [4.78, 5) is 30.0. The van der Waals surface area contributed by atoms with Crippen molar-refractivity contribution in [1.82, 2.24) is 19.6 Å². The van der Waals surface area contributed by atoms with Crippen molar-refractivity contribution >= 4 is 27.4 Å². The normalized spacial score (nSPS) is 11.7. The van der Waals surface area contributed by atoms with Crippen molar-refractivity contribution in [3.8, 4) is 0 Å². The summed E-state index contributed by atoms with van der Waals surface area (Å²) in [6, 6.07) is 3.88. The van der Waals surface area contributed by atoms with E-state index in [9.17, 15) is 23.3 Å². The van der Waals surface area contributed by atoms with Crippen LogP contribution in [0, 0.1) is 30.9 Å². The van der Waals surface area contributed by atoms with Gasteiger partial charge in [-0.3, -0.25) is 20.0 Å². The molecule has 0 amide bonds. The number of hydrogen-bond donors (Lipinski definition) is 2. The zero-order valence-electron chi connectivity index (χ0n) is 14.0. The topological polar surface area (TPSA) is 152 Å². The molecular formula is C14H14N6O5S. The molecular weight excluding hydrogens is 364 g/mol. The molecule has 0 radical (unpaired) electrons. The minimum atomic E-state index is -4.18. The number of aromatic nitrogens is 4. The van der Waals surface area contributed by atoms with Gasteiger partial charge in [-0.05, 0) is 32.4 Å². The Morgan fingerprint density at radius 3 is 2.54 bits per heavy atom. The molecule has 0 spiro atoms. The lowest BCUT2D eigenvalue weighted by Gasteiger charge is -2.09. The predicted molar refractivity (Wildman–Crippen MR) is 91.7 cm³/mol. The number of H-pyrrole nitrogens is 1. The van der Waals surface area contributed by atoms with Gasteiger partial charge in [-0.2, -0.15) is 9.50 Å². The summed E-state index contributed by atoms with van der Waals surface area (Å²) in [6.07, 6.45) is 0. The Kier molecular flexibility index (Phi) is 3.99. The minimum absolute atomic E-state index is 0.000329. The van der Waals surface area contributed by atoms with Gasteiger partial charge < -0.3 is 0 Å². The Hall–Kier alpha value is -3.28. The highest BCUT2D eigenvalue weighted by molar-refractivity contribution is 7.92. The first-order valence-corrected chi connectivity index (χ1v) is 8.81. The van der Waals surface area contributed by atoms with Gasteiger partial charge in [0.15, 0.2) is 0 Å². The summed E-state index contributed by atoms with van der Waals surface area (Å²) in [5, 5.41) is 13.6. The van der Waals surface area contributed by atoms with Crippen LogP contribution in [0.4, 0.5) is 11.6 Å². The molecule has 26 heavy (non-hydrogen) atoms. The van der Waals surface area contributed by atoms with E-state index in [1.807, 2.05) is 0 Å². The van der Waals surface area contributed by atoms with Gasteiger partial charge in [-0.25, -0.2) is 18.1 Å². The van der Waals surface area contributed by atoms with Gasteiger partial charge in [-0.15, -0.1) is 0 Å². The lowest BCUT2D eigenvalue weighted by molar-refractivity contribution is -0.385. The summed E-state index contributed by atoms with van der Waals surface area (Å²) in [7, 11) is -4.18. The quantitative estimate of drug-likeness (QED) is 0.508. The molecule has 136 valence electrons. The van der Waals surface area contributed by atoms with Crippen molar-refractivity contribution in [3.05, 3.63) is 55.5 Å². The van der Waals surface area contributed by atoms with Gasteiger partial charge >= 0.3 is 0 Å². The number of nitro benzene ring substituents is 1. The Labute approximate surface area is 146 Å². The van der Waals surface area contributed by atoms with Crippen LogP contribution >= 0.6 is 0 Å². The molecule has 0 saturated carbocycles. The van der Waals surface area contributed by atoms with Gasteiger partial charge in [0.05, 0.1) is 9.82 Å². The number of nitrogens with one attached hydrogen (secondary N) is 2. The Morgan fingerprint density at radius 1 is 1.19 bits per heavy atom. The fourth-order valence-electron chi connectivity index (χ4n) is 2.50. The highest BCUT2D eigenvalue weighted by atomic mass is 32.2. The zero-order chi connectivity index (χ0) is 19.2. The van der Waals surface area contributed by atoms with Crippen molar-refractivity contribution in [3.63, 3.8) is 0 Å². The van der Waals surface area contributed by atoms with Crippen LogP contribution in [-0.2, 0) is 10.0 Å². The summed E-state index contributed by atoms with van der Waals surface area (Å²) in [5.41, 5.74) is 0.0912. The summed E-state index contributed by atoms with van der Waals surface area (Å²) in [5.74, 6) is -0.233. The minimum Gasteiger partial charge on any atom is -0.267 e. The molecule has 3 rings (SSSR count). The van der Waals surface area contributed by atoms with E-state index >= 15 is 0 Å². The van der Waals surface area contributed by atoms with Crippen LogP contribution in [0.1, 0.15) is 16.8 Å². The molecule has 12 heteroatoms. The van der Waals surface area contributed by atoms with Crippen LogP contribution in [0.15, 0.2) is 27.9 Å². The smallest absolute Gasteiger partial charge is 0.267 e. The number of sulfonamides is 1. The Morgan fingerprint density at radius 2 is 1.88 bits per heavy atom. The number of rotatable bonds is 4. The predicted octanol–water partition coefficient (Wildman–Crippen LogP) is 1.05. The molecule has 2 heterocycles. The van der Waals surface area contributed by atoms with Crippen molar-refractivity contribution in [2.45, 2.75) is 25.7 Å². The molecule has 0 aliphatic carbocycles. The summed E-state index contributed by atoms with van der Waals surface area (Å²) >= 11 is 0. The molecule has 0 atom stereocenters. The molecule has 0 saturated heterocycles. The Balaban J connectivity index is 2.09. The van der Waals surface area contributed by atoms with Crippen LogP contribution in [0.5, 0.6) is 0 Å². The van der Waals surface area contributed by atoms with E-state index in [1.54, 1.807) is 13.8 Å². The maximum Gasteiger partial charge on any atom is 0.274 e. The van der Waals surface area contributed by atoms with E-state index in [1.165, 1.54) is 25.1 Å². The van der Waals surface area contributed by atoms with Crippen LogP contribution in [0.2, 0.25) is 0 Å². The third-order valence-corrected chi connectivity index (χ3v) is 5.12. The lowest BCUT2D eigenvalue weighted by atomic mass is 10.1. The van der Waals surface area contributed by atoms with E-state index in [-0.39, 0.29) is 27.9 Å². The maximum atomic E-state index is 12.7. The second-order valence-electron chi connectivity index (χ2n) is 5.71. The molecule has 0 aliphatic heterocycles. The number of anilines is 1. The maximum absolute atomic E-state index is 12.7. The van der Waals surface area contributed by atoms with Gasteiger partial charge in [0, 0.05) is 23.4 Å². The fourth-order valence-corrected chi connectivity index (χ4v) is 3.80. The van der Waals surface area contributed by atoms with Gasteiger partial charge in [0.25, 0.3) is 27.0 Å². The first-order valence-electron chi connectivity index (χ1n) is 7.33. The summed E-state index contributed by atoms with van der Waals surface area (Å²) < 4.78 is 28.5. The molecule has 1 aromatic carbocycles. The van der Waals surface area contributed by atoms with Gasteiger partial charge in [0.1, 0.15) is 0 Å². The number of nitro groups is 1. The average molecular weight is 378 g/mol. The molecule has 0 bridgehead atoms. The van der Waals surface area contributed by atoms with Crippen molar-refractivity contribution in [2.75, 3.05) is 4.72 Å². The molecule has 0 fully saturated rings. The summed E-state index contributed by atoms with van der Waals surface area (Å²) in [6.45, 7) is 4.51.